The maximum absolute atomic E-state index is 12.6. The molecule has 1 saturated heterocycles. The predicted molar refractivity (Wildman–Crippen MR) is 95.0 cm³/mol. The molecule has 1 fully saturated rings. The zero-order chi connectivity index (χ0) is 18.4. The van der Waals surface area contributed by atoms with Gasteiger partial charge in [0, 0.05) is 31.9 Å². The summed E-state index contributed by atoms with van der Waals surface area (Å²) < 4.78 is 10.1. The Morgan fingerprint density at radius 1 is 1.24 bits per heavy atom. The Hall–Kier alpha value is -1.86. The number of esters is 1. The van der Waals surface area contributed by atoms with E-state index in [4.69, 9.17) is 9.47 Å². The summed E-state index contributed by atoms with van der Waals surface area (Å²) in [6, 6.07) is 0.176. The summed E-state index contributed by atoms with van der Waals surface area (Å²) in [4.78, 5) is 30.2. The lowest BCUT2D eigenvalue weighted by Crippen LogP contribution is -2.44. The normalized spacial score (nSPS) is 16.0. The number of nitrogens with zero attached hydrogens (tertiary/aromatic N) is 1. The average molecular weight is 351 g/mol. The first-order valence-corrected chi connectivity index (χ1v) is 8.86. The Morgan fingerprint density at radius 3 is 2.52 bits per heavy atom. The molecule has 0 spiro atoms. The largest absolute Gasteiger partial charge is 0.460 e. The fourth-order valence-electron chi connectivity index (χ4n) is 3.22. The van der Waals surface area contributed by atoms with Crippen LogP contribution in [0.25, 0.3) is 0 Å². The molecule has 2 rings (SSSR count). The molecule has 0 bridgehead atoms. The lowest BCUT2D eigenvalue weighted by atomic mass is 10.0. The number of H-pyrrole nitrogens is 1. The van der Waals surface area contributed by atoms with Gasteiger partial charge >= 0.3 is 5.97 Å². The molecule has 2 N–H and O–H groups in total. The smallest absolute Gasteiger partial charge is 0.340 e. The van der Waals surface area contributed by atoms with Gasteiger partial charge in [-0.3, -0.25) is 4.79 Å². The lowest BCUT2D eigenvalue weighted by Gasteiger charge is -2.31. The molecule has 7 nitrogen and oxygen atoms in total. The van der Waals surface area contributed by atoms with Crippen molar-refractivity contribution in [2.24, 2.45) is 0 Å². The highest BCUT2D eigenvalue weighted by Crippen LogP contribution is 2.20. The number of ether oxygens (including phenoxy) is 2. The average Bonchev–Trinajstić information content (AvgIpc) is 2.90. The standard InChI is InChI=1S/C18H29N3O4/c1-5-21-8-6-14(7-9-21)20-17(22)16-12(2)15(13(3)19-16)18(23)25-11-10-24-4/h14,19H,5-11H2,1-4H3,(H,20,22). The molecule has 1 aliphatic heterocycles. The van der Waals surface area contributed by atoms with Crippen LogP contribution in [0.1, 0.15) is 51.9 Å². The molecule has 0 radical (unpaired) electrons. The van der Waals surface area contributed by atoms with Crippen LogP contribution in [0.15, 0.2) is 0 Å². The summed E-state index contributed by atoms with van der Waals surface area (Å²) in [6.07, 6.45) is 1.90. The van der Waals surface area contributed by atoms with Crippen LogP contribution in [0.3, 0.4) is 0 Å². The van der Waals surface area contributed by atoms with E-state index in [0.29, 0.717) is 29.1 Å². The number of carbonyl (C=O) groups is 2. The summed E-state index contributed by atoms with van der Waals surface area (Å²) in [6.45, 7) is 9.28. The first-order chi connectivity index (χ1) is 12.0. The van der Waals surface area contributed by atoms with Gasteiger partial charge in [0.15, 0.2) is 0 Å². The molecule has 0 unspecified atom stereocenters. The van der Waals surface area contributed by atoms with Gasteiger partial charge in [-0.05, 0) is 38.8 Å². The summed E-state index contributed by atoms with van der Waals surface area (Å²) in [5.41, 5.74) is 2.14. The van der Waals surface area contributed by atoms with Crippen LogP contribution >= 0.6 is 0 Å². The second-order valence-corrected chi connectivity index (χ2v) is 6.44. The molecule has 0 saturated carbocycles. The van der Waals surface area contributed by atoms with Gasteiger partial charge in [0.1, 0.15) is 12.3 Å². The van der Waals surface area contributed by atoms with E-state index in [-0.39, 0.29) is 18.6 Å². The van der Waals surface area contributed by atoms with Crippen LogP contribution in [0.4, 0.5) is 0 Å². The van der Waals surface area contributed by atoms with Crippen molar-refractivity contribution in [3.8, 4) is 0 Å². The minimum Gasteiger partial charge on any atom is -0.460 e. The van der Waals surface area contributed by atoms with Crippen LogP contribution in [0, 0.1) is 13.8 Å². The summed E-state index contributed by atoms with van der Waals surface area (Å²) in [7, 11) is 1.55. The van der Waals surface area contributed by atoms with Gasteiger partial charge < -0.3 is 24.7 Å². The number of carbonyl (C=O) groups excluding carboxylic acids is 2. The van der Waals surface area contributed by atoms with Gasteiger partial charge in [0.25, 0.3) is 5.91 Å². The van der Waals surface area contributed by atoms with Crippen LogP contribution in [-0.4, -0.2) is 67.8 Å². The van der Waals surface area contributed by atoms with Crippen LogP contribution in [0.2, 0.25) is 0 Å². The van der Waals surface area contributed by atoms with E-state index in [1.807, 2.05) is 0 Å². The number of likely N-dealkylation sites (tertiary alicyclic amines) is 1. The van der Waals surface area contributed by atoms with E-state index in [0.717, 1.165) is 32.5 Å². The second-order valence-electron chi connectivity index (χ2n) is 6.44. The van der Waals surface area contributed by atoms with E-state index in [1.54, 1.807) is 21.0 Å². The Kier molecular flexibility index (Phi) is 7.01. The summed E-state index contributed by atoms with van der Waals surface area (Å²) >= 11 is 0. The number of methoxy groups -OCH3 is 1. The van der Waals surface area contributed by atoms with E-state index in [1.165, 1.54) is 0 Å². The van der Waals surface area contributed by atoms with Crippen molar-refractivity contribution < 1.29 is 19.1 Å². The van der Waals surface area contributed by atoms with Gasteiger partial charge in [0.2, 0.25) is 0 Å². The molecule has 0 aliphatic carbocycles. The molecule has 7 heteroatoms. The van der Waals surface area contributed by atoms with Gasteiger partial charge in [-0.2, -0.15) is 0 Å². The maximum atomic E-state index is 12.6. The first kappa shape index (κ1) is 19.5. The molecule has 2 heterocycles. The maximum Gasteiger partial charge on any atom is 0.340 e. The highest BCUT2D eigenvalue weighted by molar-refractivity contribution is 6.00. The minimum atomic E-state index is -0.432. The van der Waals surface area contributed by atoms with Crippen molar-refractivity contribution in [2.75, 3.05) is 40.0 Å². The molecular weight excluding hydrogens is 322 g/mol. The Balaban J connectivity index is 2.01. The molecule has 0 aromatic carbocycles. The molecular formula is C18H29N3O4. The number of rotatable bonds is 7. The molecule has 0 atom stereocenters. The van der Waals surface area contributed by atoms with E-state index in [9.17, 15) is 9.59 Å². The number of hydrogen-bond acceptors (Lipinski definition) is 5. The third-order valence-corrected chi connectivity index (χ3v) is 4.76. The summed E-state index contributed by atoms with van der Waals surface area (Å²) in [5, 5.41) is 3.08. The number of amides is 1. The molecule has 1 aromatic heterocycles. The fourth-order valence-corrected chi connectivity index (χ4v) is 3.22. The zero-order valence-electron chi connectivity index (χ0n) is 15.6. The van der Waals surface area contributed by atoms with Crippen LogP contribution in [0.5, 0.6) is 0 Å². The third-order valence-electron chi connectivity index (χ3n) is 4.76. The lowest BCUT2D eigenvalue weighted by molar-refractivity contribution is 0.0387. The Labute approximate surface area is 149 Å². The fraction of sp³-hybridized carbons (Fsp3) is 0.667. The van der Waals surface area contributed by atoms with Crippen LogP contribution < -0.4 is 5.32 Å². The van der Waals surface area contributed by atoms with Crippen molar-refractivity contribution in [3.05, 3.63) is 22.5 Å². The number of piperidine rings is 1. The van der Waals surface area contributed by atoms with Gasteiger partial charge in [-0.25, -0.2) is 4.79 Å². The highest BCUT2D eigenvalue weighted by atomic mass is 16.6. The highest BCUT2D eigenvalue weighted by Gasteiger charge is 2.25. The van der Waals surface area contributed by atoms with Crippen molar-refractivity contribution in [3.63, 3.8) is 0 Å². The van der Waals surface area contributed by atoms with Gasteiger partial charge in [-0.15, -0.1) is 0 Å². The number of aromatic amines is 1. The van der Waals surface area contributed by atoms with Crippen molar-refractivity contribution in [1.29, 1.82) is 0 Å². The Morgan fingerprint density at radius 2 is 1.92 bits per heavy atom. The number of aromatic nitrogens is 1. The van der Waals surface area contributed by atoms with Crippen molar-refractivity contribution in [2.45, 2.75) is 39.7 Å². The van der Waals surface area contributed by atoms with Gasteiger partial charge in [0.05, 0.1) is 12.2 Å². The molecule has 140 valence electrons. The molecule has 1 amide bonds. The number of aryl methyl sites for hydroxylation is 1. The predicted octanol–water partition coefficient (Wildman–Crippen LogP) is 1.65. The topological polar surface area (TPSA) is 83.7 Å². The quantitative estimate of drug-likeness (QED) is 0.576. The second kappa shape index (κ2) is 9.01. The van der Waals surface area contributed by atoms with E-state index >= 15 is 0 Å². The van der Waals surface area contributed by atoms with Crippen molar-refractivity contribution in [1.82, 2.24) is 15.2 Å². The van der Waals surface area contributed by atoms with Gasteiger partial charge in [-0.1, -0.05) is 6.92 Å². The molecule has 1 aromatic rings. The van der Waals surface area contributed by atoms with Crippen LogP contribution in [-0.2, 0) is 9.47 Å². The molecule has 1 aliphatic rings. The Bertz CT molecular complexity index is 604. The monoisotopic (exact) mass is 351 g/mol. The first-order valence-electron chi connectivity index (χ1n) is 8.86. The third kappa shape index (κ3) is 4.83. The van der Waals surface area contributed by atoms with E-state index in [2.05, 4.69) is 22.1 Å². The SMILES string of the molecule is CCN1CCC(NC(=O)c2[nH]c(C)c(C(=O)OCCOC)c2C)CC1. The summed E-state index contributed by atoms with van der Waals surface area (Å²) in [5.74, 6) is -0.593. The van der Waals surface area contributed by atoms with Crippen molar-refractivity contribution >= 4 is 11.9 Å². The number of nitrogens with one attached hydrogen (secondary N) is 2. The zero-order valence-corrected chi connectivity index (χ0v) is 15.6. The number of hydrogen-bond donors (Lipinski definition) is 2. The molecule has 25 heavy (non-hydrogen) atoms. The van der Waals surface area contributed by atoms with E-state index < -0.39 is 5.97 Å². The minimum absolute atomic E-state index is 0.161.